The van der Waals surface area contributed by atoms with E-state index in [0.717, 1.165) is 12.1 Å². The van der Waals surface area contributed by atoms with E-state index in [0.29, 0.717) is 44.4 Å². The molecule has 0 aliphatic heterocycles. The highest BCUT2D eigenvalue weighted by molar-refractivity contribution is 6.14. The second-order valence-corrected chi connectivity index (χ2v) is 18.5. The first kappa shape index (κ1) is 51.5. The number of fused-ring (bicyclic) bond motifs is 3. The molecule has 0 amide bonds. The summed E-state index contributed by atoms with van der Waals surface area (Å²) < 4.78 is 95.8. The Morgan fingerprint density at radius 1 is 0.420 bits per heavy atom. The van der Waals surface area contributed by atoms with E-state index < -0.39 is 34.6 Å². The summed E-state index contributed by atoms with van der Waals surface area (Å²) in [7, 11) is 0. The van der Waals surface area contributed by atoms with Gasteiger partial charge in [0.25, 0.3) is 0 Å². The average Bonchev–Trinajstić information content (AvgIpc) is 4.11. The highest BCUT2D eigenvalue weighted by Gasteiger charge is 2.38. The summed E-state index contributed by atoms with van der Waals surface area (Å²) in [6, 6.07) is 53.3. The van der Waals surface area contributed by atoms with Crippen LogP contribution in [0.3, 0.4) is 0 Å². The Bertz CT molecular complexity index is 4330. The van der Waals surface area contributed by atoms with Crippen LogP contribution in [0.25, 0.3) is 120 Å². The predicted molar refractivity (Wildman–Crippen MR) is 297 cm³/mol. The Morgan fingerprint density at radius 2 is 0.877 bits per heavy atom. The van der Waals surface area contributed by atoms with Crippen molar-refractivity contribution in [3.63, 3.8) is 0 Å². The minimum Gasteiger partial charge on any atom is -0.308 e. The molecule has 0 aliphatic carbocycles. The van der Waals surface area contributed by atoms with Gasteiger partial charge in [0.2, 0.25) is 0 Å². The van der Waals surface area contributed by atoms with Gasteiger partial charge in [0.05, 0.1) is 82.7 Å². The summed E-state index contributed by atoms with van der Waals surface area (Å²) in [5.41, 5.74) is 0.0150. The first-order chi connectivity index (χ1) is 39.1. The van der Waals surface area contributed by atoms with Gasteiger partial charge in [-0.1, -0.05) is 115 Å². The molecule has 0 spiro atoms. The first-order valence-electron chi connectivity index (χ1n) is 24.5. The highest BCUT2D eigenvalue weighted by Crippen LogP contribution is 2.51. The lowest BCUT2D eigenvalue weighted by Crippen LogP contribution is -2.11. The van der Waals surface area contributed by atoms with Gasteiger partial charge < -0.3 is 4.57 Å². The van der Waals surface area contributed by atoms with Gasteiger partial charge in [-0.3, -0.25) is 0 Å². The Kier molecular flexibility index (Phi) is 13.0. The van der Waals surface area contributed by atoms with Crippen molar-refractivity contribution in [3.8, 4) is 102 Å². The number of alkyl halides is 6. The molecule has 15 heteroatoms. The van der Waals surface area contributed by atoms with E-state index in [2.05, 4.69) is 26.7 Å². The summed E-state index contributed by atoms with van der Waals surface area (Å²) in [6.07, 6.45) is -10.0. The van der Waals surface area contributed by atoms with Crippen molar-refractivity contribution in [2.24, 2.45) is 0 Å². The Labute approximate surface area is 458 Å². The lowest BCUT2D eigenvalue weighted by atomic mass is 9.88. The number of benzene rings is 9. The lowest BCUT2D eigenvalue weighted by molar-refractivity contribution is -0.137. The predicted octanol–water partition coefficient (Wildman–Crippen LogP) is 18.5. The fourth-order valence-electron chi connectivity index (χ4n) is 10.3. The van der Waals surface area contributed by atoms with Gasteiger partial charge in [-0.15, -0.1) is 0 Å². The molecule has 0 bridgehead atoms. The number of hydrogen-bond donors (Lipinski definition) is 0. The summed E-state index contributed by atoms with van der Waals surface area (Å²) >= 11 is 0. The number of halogens is 6. The minimum atomic E-state index is -5.01. The molecular formula is C66H31F6N9. The van der Waals surface area contributed by atoms with Crippen LogP contribution in [-0.2, 0) is 12.4 Å². The molecule has 11 aromatic rings. The van der Waals surface area contributed by atoms with Crippen LogP contribution >= 0.6 is 0 Å². The molecule has 0 saturated carbocycles. The molecule has 11 rings (SSSR count). The molecule has 0 atom stereocenters. The normalized spacial score (nSPS) is 11.3. The van der Waals surface area contributed by atoms with Crippen molar-refractivity contribution in [2.45, 2.75) is 12.4 Å². The molecule has 2 heterocycles. The fraction of sp³-hybridized carbons (Fsp3) is 0.0303. The minimum absolute atomic E-state index is 0.0159. The van der Waals surface area contributed by atoms with Crippen LogP contribution in [-0.4, -0.2) is 14.5 Å². The van der Waals surface area contributed by atoms with Crippen LogP contribution in [0.15, 0.2) is 188 Å². The lowest BCUT2D eigenvalue weighted by Gasteiger charge is -2.24. The quantitative estimate of drug-likeness (QED) is 0.111. The maximum absolute atomic E-state index is 15.7. The van der Waals surface area contributed by atoms with Gasteiger partial charge in [0.1, 0.15) is 0 Å². The van der Waals surface area contributed by atoms with Crippen LogP contribution in [0.4, 0.5) is 43.4 Å². The Morgan fingerprint density at radius 3 is 1.32 bits per heavy atom. The van der Waals surface area contributed by atoms with Crippen molar-refractivity contribution in [1.82, 2.24) is 14.5 Å². The average molecular weight is 1060 g/mol. The van der Waals surface area contributed by atoms with E-state index in [-0.39, 0.29) is 84.1 Å². The second-order valence-electron chi connectivity index (χ2n) is 18.5. The number of rotatable bonds is 8. The summed E-state index contributed by atoms with van der Waals surface area (Å²) in [6.45, 7) is 23.9. The van der Waals surface area contributed by atoms with Crippen LogP contribution in [0, 0.1) is 53.7 Å². The molecule has 2 aromatic heterocycles. The van der Waals surface area contributed by atoms with Gasteiger partial charge in [-0.2, -0.15) is 42.1 Å². The van der Waals surface area contributed by atoms with Gasteiger partial charge in [-0.05, 0) is 95.1 Å². The summed E-state index contributed by atoms with van der Waals surface area (Å²) in [4.78, 5) is 20.7. The molecule has 0 aliphatic rings. The molecule has 0 saturated heterocycles. The van der Waals surface area contributed by atoms with Crippen molar-refractivity contribution >= 4 is 38.9 Å². The zero-order chi connectivity index (χ0) is 56.7. The van der Waals surface area contributed by atoms with E-state index in [9.17, 15) is 15.8 Å². The molecule has 382 valence electrons. The topological polar surface area (TPSA) is 115 Å². The third-order valence-electron chi connectivity index (χ3n) is 13.8. The third-order valence-corrected chi connectivity index (χ3v) is 13.8. The van der Waals surface area contributed by atoms with Crippen molar-refractivity contribution in [1.29, 1.82) is 15.8 Å². The zero-order valence-electron chi connectivity index (χ0n) is 41.7. The monoisotopic (exact) mass is 1060 g/mol. The Hall–Kier alpha value is -11.6. The van der Waals surface area contributed by atoms with E-state index in [1.54, 1.807) is 71.3 Å². The molecular weight excluding hydrogens is 1030 g/mol. The Balaban J connectivity index is 1.34. The third kappa shape index (κ3) is 9.26. The molecule has 0 unspecified atom stereocenters. The van der Waals surface area contributed by atoms with E-state index in [1.807, 2.05) is 42.5 Å². The van der Waals surface area contributed by atoms with Gasteiger partial charge >= 0.3 is 12.4 Å². The standard InChI is InChI=1S/C66H31F6N9/c1-76-46-28-45(37-75)62(58(33-46)78-3)42-23-25-60-50(30-42)49-29-41(61-44(36-74)26-38(35-73)27-57(61)77-2)22-24-59(49)81(60)63-51(47-18-10-12-20-53(47)65(67,68)69)31-43(32-52(63)48-19-11-13-21-54(48)66(70,71)72)64-79-55(39-14-6-4-7-15-39)34-56(80-64)40-16-8-5-9-17-40/h4-34H. The second kappa shape index (κ2) is 20.4. The zero-order valence-corrected chi connectivity index (χ0v) is 41.7. The molecule has 9 aromatic carbocycles. The fourth-order valence-corrected chi connectivity index (χ4v) is 10.3. The number of nitrogens with zero attached hydrogens (tertiary/aromatic N) is 9. The maximum Gasteiger partial charge on any atom is 0.417 e. The van der Waals surface area contributed by atoms with E-state index in [4.69, 9.17) is 29.7 Å². The maximum atomic E-state index is 15.7. The first-order valence-corrected chi connectivity index (χ1v) is 24.5. The van der Waals surface area contributed by atoms with Crippen molar-refractivity contribution < 1.29 is 26.3 Å². The molecule has 0 radical (unpaired) electrons. The van der Waals surface area contributed by atoms with Crippen LogP contribution in [0.5, 0.6) is 0 Å². The van der Waals surface area contributed by atoms with Crippen LogP contribution in [0.2, 0.25) is 0 Å². The largest absolute Gasteiger partial charge is 0.417 e. The van der Waals surface area contributed by atoms with Gasteiger partial charge in [0, 0.05) is 60.8 Å². The molecule has 0 N–H and O–H groups in total. The number of nitriles is 3. The van der Waals surface area contributed by atoms with Crippen molar-refractivity contribution in [3.05, 3.63) is 250 Å². The van der Waals surface area contributed by atoms with Crippen LogP contribution < -0.4 is 0 Å². The highest BCUT2D eigenvalue weighted by atomic mass is 19.4. The van der Waals surface area contributed by atoms with Gasteiger partial charge in [-0.25, -0.2) is 24.5 Å². The molecule has 0 fully saturated rings. The number of aromatic nitrogens is 3. The number of hydrogen-bond acceptors (Lipinski definition) is 5. The smallest absolute Gasteiger partial charge is 0.308 e. The van der Waals surface area contributed by atoms with Crippen LogP contribution in [0.1, 0.15) is 27.8 Å². The van der Waals surface area contributed by atoms with E-state index >= 15 is 26.3 Å². The molecule has 9 nitrogen and oxygen atoms in total. The summed E-state index contributed by atoms with van der Waals surface area (Å²) in [5.74, 6) is -0.0192. The SMILES string of the molecule is [C-]#[N+]c1cc(C#N)c(-c2ccc3c(c2)c2cc(-c4c(C#N)cc(C#N)cc4[N+]#[C-])ccc2n3-c2c(-c3ccccc3C(F)(F)F)cc(-c3nc(-c4ccccc4)cc(-c4ccccc4)n3)cc2-c2ccccc2C(F)(F)F)c([N+]#[C-])c1. The van der Waals surface area contributed by atoms with Crippen molar-refractivity contribution in [2.75, 3.05) is 0 Å². The van der Waals surface area contributed by atoms with E-state index in [1.165, 1.54) is 72.8 Å². The van der Waals surface area contributed by atoms with Gasteiger partial charge in [0.15, 0.2) is 22.9 Å². The summed E-state index contributed by atoms with van der Waals surface area (Å²) in [5, 5.41) is 31.3. The molecule has 81 heavy (non-hydrogen) atoms.